The lowest BCUT2D eigenvalue weighted by Crippen LogP contribution is -2.26. The van der Waals surface area contributed by atoms with Gasteiger partial charge in [0.2, 0.25) is 0 Å². The third-order valence-corrected chi connectivity index (χ3v) is 2.79. The molecule has 1 aromatic carbocycles. The minimum absolute atomic E-state index is 0.171. The predicted octanol–water partition coefficient (Wildman–Crippen LogP) is 2.87. The van der Waals surface area contributed by atoms with Crippen LogP contribution in [-0.4, -0.2) is 16.2 Å². The second-order valence-electron chi connectivity index (χ2n) is 4.46. The molecular formula is C12H15ClO3. The zero-order valence-electron chi connectivity index (χ0n) is 9.27. The maximum atomic E-state index is 10.9. The molecule has 2 N–H and O–H groups in total. The number of aliphatic hydroxyl groups excluding tert-OH is 1. The molecule has 0 radical (unpaired) electrons. The Balaban J connectivity index is 2.76. The van der Waals surface area contributed by atoms with Crippen molar-refractivity contribution in [3.05, 3.63) is 34.9 Å². The second kappa shape index (κ2) is 4.85. The highest BCUT2D eigenvalue weighted by molar-refractivity contribution is 6.30. The summed E-state index contributed by atoms with van der Waals surface area (Å²) in [5, 5.41) is 19.4. The van der Waals surface area contributed by atoms with E-state index in [1.807, 2.05) is 0 Å². The molecule has 0 spiro atoms. The fourth-order valence-electron chi connectivity index (χ4n) is 1.37. The van der Waals surface area contributed by atoms with E-state index >= 15 is 0 Å². The summed E-state index contributed by atoms with van der Waals surface area (Å²) in [6.45, 7) is 3.18. The van der Waals surface area contributed by atoms with Crippen molar-refractivity contribution in [1.82, 2.24) is 0 Å². The molecule has 0 saturated heterocycles. The summed E-state index contributed by atoms with van der Waals surface area (Å²) in [6, 6.07) is 6.75. The summed E-state index contributed by atoms with van der Waals surface area (Å²) >= 11 is 5.72. The summed E-state index contributed by atoms with van der Waals surface area (Å²) in [6.07, 6.45) is -0.618. The third-order valence-electron chi connectivity index (χ3n) is 2.54. The molecular weight excluding hydrogens is 228 g/mol. The van der Waals surface area contributed by atoms with Gasteiger partial charge in [0.05, 0.1) is 11.5 Å². The highest BCUT2D eigenvalue weighted by Gasteiger charge is 2.30. The molecule has 3 nitrogen and oxygen atoms in total. The van der Waals surface area contributed by atoms with Crippen LogP contribution in [0.1, 0.15) is 31.9 Å². The third kappa shape index (κ3) is 3.22. The Kier molecular flexibility index (Phi) is 3.94. The van der Waals surface area contributed by atoms with Gasteiger partial charge >= 0.3 is 5.97 Å². The fraction of sp³-hybridized carbons (Fsp3) is 0.417. The van der Waals surface area contributed by atoms with E-state index in [9.17, 15) is 9.90 Å². The molecule has 4 heteroatoms. The lowest BCUT2D eigenvalue weighted by molar-refractivity contribution is -0.148. The predicted molar refractivity (Wildman–Crippen MR) is 62.4 cm³/mol. The quantitative estimate of drug-likeness (QED) is 0.854. The van der Waals surface area contributed by atoms with Gasteiger partial charge in [0.25, 0.3) is 0 Å². The van der Waals surface area contributed by atoms with Crippen molar-refractivity contribution >= 4 is 17.6 Å². The smallest absolute Gasteiger partial charge is 0.309 e. The van der Waals surface area contributed by atoms with E-state index < -0.39 is 17.5 Å². The Morgan fingerprint density at radius 3 is 2.31 bits per heavy atom. The van der Waals surface area contributed by atoms with Crippen LogP contribution in [0.5, 0.6) is 0 Å². The maximum Gasteiger partial charge on any atom is 0.309 e. The van der Waals surface area contributed by atoms with Crippen LogP contribution in [0.4, 0.5) is 0 Å². The van der Waals surface area contributed by atoms with Gasteiger partial charge in [0.15, 0.2) is 0 Å². The van der Waals surface area contributed by atoms with Crippen molar-refractivity contribution in [2.45, 2.75) is 26.4 Å². The van der Waals surface area contributed by atoms with Crippen LogP contribution in [0.15, 0.2) is 24.3 Å². The first-order valence-electron chi connectivity index (χ1n) is 5.00. The van der Waals surface area contributed by atoms with Gasteiger partial charge in [-0.3, -0.25) is 4.79 Å². The number of halogens is 1. The van der Waals surface area contributed by atoms with Crippen molar-refractivity contribution in [1.29, 1.82) is 0 Å². The number of aliphatic carboxylic acids is 1. The molecule has 1 aromatic rings. The molecule has 0 aliphatic rings. The minimum atomic E-state index is -0.945. The van der Waals surface area contributed by atoms with Gasteiger partial charge in [0, 0.05) is 5.02 Å². The normalized spacial score (nSPS) is 13.5. The van der Waals surface area contributed by atoms with E-state index in [0.29, 0.717) is 10.6 Å². The first-order chi connectivity index (χ1) is 7.33. The Bertz CT molecular complexity index is 370. The number of aliphatic hydroxyl groups is 1. The van der Waals surface area contributed by atoms with Crippen molar-refractivity contribution in [3.63, 3.8) is 0 Å². The second-order valence-corrected chi connectivity index (χ2v) is 4.90. The van der Waals surface area contributed by atoms with E-state index in [1.165, 1.54) is 0 Å². The van der Waals surface area contributed by atoms with E-state index in [4.69, 9.17) is 16.7 Å². The Labute approximate surface area is 99.7 Å². The number of carboxylic acid groups (broad SMARTS) is 1. The summed E-state index contributed by atoms with van der Waals surface area (Å²) < 4.78 is 0. The van der Waals surface area contributed by atoms with Crippen LogP contribution in [0, 0.1) is 5.41 Å². The number of benzene rings is 1. The summed E-state index contributed by atoms with van der Waals surface area (Å²) in [5.74, 6) is -0.916. The molecule has 0 aromatic heterocycles. The Morgan fingerprint density at radius 2 is 1.88 bits per heavy atom. The number of hydrogen-bond donors (Lipinski definition) is 2. The van der Waals surface area contributed by atoms with Gasteiger partial charge in [0.1, 0.15) is 0 Å². The standard InChI is InChI=1S/C12H15ClO3/c1-12(2,11(15)16)7-10(14)8-3-5-9(13)6-4-8/h3-6,10,14H,7H2,1-2H3,(H,15,16). The maximum absolute atomic E-state index is 10.9. The first kappa shape index (κ1) is 13.0. The van der Waals surface area contributed by atoms with Gasteiger partial charge in [-0.15, -0.1) is 0 Å². The van der Waals surface area contributed by atoms with Gasteiger partial charge < -0.3 is 10.2 Å². The fourth-order valence-corrected chi connectivity index (χ4v) is 1.50. The largest absolute Gasteiger partial charge is 0.481 e. The molecule has 0 aliphatic heterocycles. The summed E-state index contributed by atoms with van der Waals surface area (Å²) in [5.41, 5.74) is -0.266. The number of carbonyl (C=O) groups is 1. The molecule has 0 bridgehead atoms. The highest BCUT2D eigenvalue weighted by Crippen LogP contribution is 2.30. The molecule has 1 unspecified atom stereocenters. The van der Waals surface area contributed by atoms with E-state index in [-0.39, 0.29) is 6.42 Å². The van der Waals surface area contributed by atoms with Crippen molar-refractivity contribution < 1.29 is 15.0 Å². The van der Waals surface area contributed by atoms with Crippen LogP contribution < -0.4 is 0 Å². The summed E-state index contributed by atoms with van der Waals surface area (Å²) in [4.78, 5) is 10.9. The molecule has 0 fully saturated rings. The van der Waals surface area contributed by atoms with E-state index in [0.717, 1.165) is 0 Å². The van der Waals surface area contributed by atoms with Gasteiger partial charge in [-0.2, -0.15) is 0 Å². The zero-order valence-corrected chi connectivity index (χ0v) is 10.0. The lowest BCUT2D eigenvalue weighted by Gasteiger charge is -2.22. The van der Waals surface area contributed by atoms with Crippen LogP contribution >= 0.6 is 11.6 Å². The molecule has 0 aliphatic carbocycles. The van der Waals surface area contributed by atoms with Crippen LogP contribution in [-0.2, 0) is 4.79 Å². The van der Waals surface area contributed by atoms with Gasteiger partial charge in [-0.05, 0) is 38.0 Å². The molecule has 0 saturated carbocycles. The molecule has 16 heavy (non-hydrogen) atoms. The summed E-state index contributed by atoms with van der Waals surface area (Å²) in [7, 11) is 0. The first-order valence-corrected chi connectivity index (χ1v) is 5.37. The van der Waals surface area contributed by atoms with Crippen molar-refractivity contribution in [2.24, 2.45) is 5.41 Å². The zero-order chi connectivity index (χ0) is 12.3. The van der Waals surface area contributed by atoms with Crippen LogP contribution in [0.25, 0.3) is 0 Å². The number of carboxylic acids is 1. The van der Waals surface area contributed by atoms with Crippen molar-refractivity contribution in [2.75, 3.05) is 0 Å². The molecule has 88 valence electrons. The van der Waals surface area contributed by atoms with E-state index in [2.05, 4.69) is 0 Å². The molecule has 0 heterocycles. The SMILES string of the molecule is CC(C)(CC(O)c1ccc(Cl)cc1)C(=O)O. The van der Waals surface area contributed by atoms with Gasteiger partial charge in [-0.1, -0.05) is 23.7 Å². The Morgan fingerprint density at radius 1 is 1.38 bits per heavy atom. The van der Waals surface area contributed by atoms with Crippen LogP contribution in [0.2, 0.25) is 5.02 Å². The minimum Gasteiger partial charge on any atom is -0.481 e. The Hall–Kier alpha value is -1.06. The van der Waals surface area contributed by atoms with Gasteiger partial charge in [-0.25, -0.2) is 0 Å². The molecule has 0 amide bonds. The average Bonchev–Trinajstić information content (AvgIpc) is 2.17. The van der Waals surface area contributed by atoms with E-state index in [1.54, 1.807) is 38.1 Å². The number of hydrogen-bond acceptors (Lipinski definition) is 2. The molecule has 1 rings (SSSR count). The monoisotopic (exact) mass is 242 g/mol. The van der Waals surface area contributed by atoms with Crippen LogP contribution in [0.3, 0.4) is 0 Å². The highest BCUT2D eigenvalue weighted by atomic mass is 35.5. The van der Waals surface area contributed by atoms with Crippen molar-refractivity contribution in [3.8, 4) is 0 Å². The number of rotatable bonds is 4. The molecule has 1 atom stereocenters. The topological polar surface area (TPSA) is 57.5 Å². The lowest BCUT2D eigenvalue weighted by atomic mass is 9.85. The average molecular weight is 243 g/mol.